The Morgan fingerprint density at radius 1 is 1.28 bits per heavy atom. The number of nitrogens with zero attached hydrogens (tertiary/aromatic N) is 1. The molecule has 2 N–H and O–H groups in total. The molecule has 0 fully saturated rings. The summed E-state index contributed by atoms with van der Waals surface area (Å²) >= 11 is 0. The molecule has 0 heterocycles. The molecular formula is C13H30N2O3. The number of likely N-dealkylation sites (N-methyl/N-ethyl adjacent to an activating group) is 1. The van der Waals surface area contributed by atoms with Crippen LogP contribution in [0.4, 0.5) is 0 Å². The maximum absolute atomic E-state index is 9.09. The van der Waals surface area contributed by atoms with Gasteiger partial charge in [0.25, 0.3) is 0 Å². The molecule has 0 spiro atoms. The van der Waals surface area contributed by atoms with Crippen molar-refractivity contribution in [2.45, 2.75) is 32.4 Å². The summed E-state index contributed by atoms with van der Waals surface area (Å²) < 4.78 is 10.4. The minimum atomic E-state index is 0.217. The maximum atomic E-state index is 9.09. The van der Waals surface area contributed by atoms with Gasteiger partial charge in [-0.2, -0.15) is 0 Å². The Bertz CT molecular complexity index is 176. The first kappa shape index (κ1) is 17.8. The van der Waals surface area contributed by atoms with Crippen LogP contribution in [0.5, 0.6) is 0 Å². The highest BCUT2D eigenvalue weighted by Gasteiger charge is 2.18. The Morgan fingerprint density at radius 3 is 2.50 bits per heavy atom. The van der Waals surface area contributed by atoms with Gasteiger partial charge in [-0.15, -0.1) is 0 Å². The smallest absolute Gasteiger partial charge is 0.0615 e. The lowest BCUT2D eigenvalue weighted by Crippen LogP contribution is -2.47. The van der Waals surface area contributed by atoms with Crippen molar-refractivity contribution >= 4 is 0 Å². The van der Waals surface area contributed by atoms with Crippen molar-refractivity contribution in [3.8, 4) is 0 Å². The van der Waals surface area contributed by atoms with Crippen LogP contribution in [0.3, 0.4) is 0 Å². The van der Waals surface area contributed by atoms with E-state index >= 15 is 0 Å². The van der Waals surface area contributed by atoms with Gasteiger partial charge in [-0.1, -0.05) is 6.92 Å². The monoisotopic (exact) mass is 262 g/mol. The van der Waals surface area contributed by atoms with Crippen LogP contribution in [-0.2, 0) is 9.47 Å². The lowest BCUT2D eigenvalue weighted by molar-refractivity contribution is 0.0665. The zero-order chi connectivity index (χ0) is 13.8. The van der Waals surface area contributed by atoms with E-state index in [1.54, 1.807) is 14.2 Å². The Hall–Kier alpha value is -0.200. The molecule has 0 amide bonds. The second-order valence-electron chi connectivity index (χ2n) is 4.56. The average Bonchev–Trinajstić information content (AvgIpc) is 2.35. The fourth-order valence-electron chi connectivity index (χ4n) is 2.03. The van der Waals surface area contributed by atoms with E-state index in [2.05, 4.69) is 24.1 Å². The van der Waals surface area contributed by atoms with Crippen LogP contribution in [0.25, 0.3) is 0 Å². The molecule has 0 radical (unpaired) electrons. The summed E-state index contributed by atoms with van der Waals surface area (Å²) in [6, 6.07) is 0.668. The second kappa shape index (κ2) is 11.9. The summed E-state index contributed by atoms with van der Waals surface area (Å²) in [6.07, 6.45) is 0.775. The number of rotatable bonds is 12. The normalized spacial score (nSPS) is 15.0. The number of nitrogens with one attached hydrogen (secondary N) is 1. The second-order valence-corrected chi connectivity index (χ2v) is 4.56. The van der Waals surface area contributed by atoms with E-state index in [-0.39, 0.29) is 6.61 Å². The maximum Gasteiger partial charge on any atom is 0.0615 e. The molecule has 0 aromatic carbocycles. The van der Waals surface area contributed by atoms with E-state index in [0.717, 1.165) is 26.1 Å². The molecule has 0 rings (SSSR count). The molecule has 0 saturated carbocycles. The molecular weight excluding hydrogens is 232 g/mol. The van der Waals surface area contributed by atoms with Crippen LogP contribution in [0, 0.1) is 0 Å². The number of aliphatic hydroxyl groups is 1. The van der Waals surface area contributed by atoms with Crippen LogP contribution >= 0.6 is 0 Å². The van der Waals surface area contributed by atoms with Crippen molar-refractivity contribution in [2.24, 2.45) is 0 Å². The van der Waals surface area contributed by atoms with Gasteiger partial charge in [0.15, 0.2) is 0 Å². The van der Waals surface area contributed by atoms with E-state index < -0.39 is 0 Å². The van der Waals surface area contributed by atoms with Crippen molar-refractivity contribution in [3.05, 3.63) is 0 Å². The van der Waals surface area contributed by atoms with Crippen molar-refractivity contribution in [2.75, 3.05) is 53.7 Å². The van der Waals surface area contributed by atoms with Crippen LogP contribution in [-0.4, -0.2) is 75.8 Å². The molecule has 110 valence electrons. The van der Waals surface area contributed by atoms with E-state index in [1.807, 2.05) is 0 Å². The van der Waals surface area contributed by atoms with Gasteiger partial charge in [-0.05, 0) is 19.9 Å². The fraction of sp³-hybridized carbons (Fsp3) is 1.00. The van der Waals surface area contributed by atoms with Gasteiger partial charge in [0.05, 0.1) is 13.2 Å². The number of ether oxygens (including phenoxy) is 2. The van der Waals surface area contributed by atoms with Crippen molar-refractivity contribution in [1.29, 1.82) is 0 Å². The summed E-state index contributed by atoms with van der Waals surface area (Å²) in [4.78, 5) is 2.34. The Kier molecular flexibility index (Phi) is 11.7. The number of hydrogen-bond donors (Lipinski definition) is 2. The molecule has 0 aromatic rings. The molecule has 5 heteroatoms. The highest BCUT2D eigenvalue weighted by molar-refractivity contribution is 4.75. The number of methoxy groups -OCH3 is 2. The van der Waals surface area contributed by atoms with E-state index in [4.69, 9.17) is 14.6 Å². The average molecular weight is 262 g/mol. The van der Waals surface area contributed by atoms with Gasteiger partial charge in [-0.3, -0.25) is 4.90 Å². The SMILES string of the molecule is CCNC(CCO)CN(CCOC)C(C)COC. The highest BCUT2D eigenvalue weighted by atomic mass is 16.5. The van der Waals surface area contributed by atoms with Gasteiger partial charge >= 0.3 is 0 Å². The molecule has 18 heavy (non-hydrogen) atoms. The molecule has 0 saturated heterocycles. The van der Waals surface area contributed by atoms with Crippen LogP contribution in [0.15, 0.2) is 0 Å². The molecule has 0 aliphatic heterocycles. The summed E-state index contributed by atoms with van der Waals surface area (Å²) in [5.74, 6) is 0. The standard InChI is InChI=1S/C13H30N2O3/c1-5-14-13(6-8-16)10-15(7-9-17-3)12(2)11-18-4/h12-14,16H,5-11H2,1-4H3. The molecule has 0 bridgehead atoms. The van der Waals surface area contributed by atoms with Crippen molar-refractivity contribution < 1.29 is 14.6 Å². The molecule has 5 nitrogen and oxygen atoms in total. The van der Waals surface area contributed by atoms with E-state index in [1.165, 1.54) is 0 Å². The first-order valence-corrected chi connectivity index (χ1v) is 6.75. The lowest BCUT2D eigenvalue weighted by atomic mass is 10.1. The third-order valence-electron chi connectivity index (χ3n) is 3.04. The number of hydrogen-bond acceptors (Lipinski definition) is 5. The van der Waals surface area contributed by atoms with Gasteiger partial charge < -0.3 is 19.9 Å². The quantitative estimate of drug-likeness (QED) is 0.531. The fourth-order valence-corrected chi connectivity index (χ4v) is 2.03. The Balaban J connectivity index is 4.32. The predicted molar refractivity (Wildman–Crippen MR) is 74.0 cm³/mol. The lowest BCUT2D eigenvalue weighted by Gasteiger charge is -2.32. The van der Waals surface area contributed by atoms with Crippen molar-refractivity contribution in [3.63, 3.8) is 0 Å². The van der Waals surface area contributed by atoms with Gasteiger partial charge in [0.2, 0.25) is 0 Å². The third-order valence-corrected chi connectivity index (χ3v) is 3.04. The highest BCUT2D eigenvalue weighted by Crippen LogP contribution is 2.04. The molecule has 0 aliphatic rings. The largest absolute Gasteiger partial charge is 0.396 e. The van der Waals surface area contributed by atoms with Crippen LogP contribution in [0.1, 0.15) is 20.3 Å². The Morgan fingerprint density at radius 2 is 2.00 bits per heavy atom. The molecule has 0 aromatic heterocycles. The van der Waals surface area contributed by atoms with Gasteiger partial charge in [-0.25, -0.2) is 0 Å². The van der Waals surface area contributed by atoms with Crippen LogP contribution < -0.4 is 5.32 Å². The summed E-state index contributed by atoms with van der Waals surface area (Å²) in [6.45, 7) is 8.59. The topological polar surface area (TPSA) is 54.0 Å². The number of aliphatic hydroxyl groups excluding tert-OH is 1. The van der Waals surface area contributed by atoms with Gasteiger partial charge in [0.1, 0.15) is 0 Å². The Labute approximate surface area is 111 Å². The summed E-state index contributed by atoms with van der Waals surface area (Å²) in [7, 11) is 3.44. The zero-order valence-corrected chi connectivity index (χ0v) is 12.3. The van der Waals surface area contributed by atoms with Crippen molar-refractivity contribution in [1.82, 2.24) is 10.2 Å². The molecule has 2 atom stereocenters. The molecule has 0 aliphatic carbocycles. The van der Waals surface area contributed by atoms with E-state index in [0.29, 0.717) is 25.3 Å². The zero-order valence-electron chi connectivity index (χ0n) is 12.3. The van der Waals surface area contributed by atoms with Crippen LogP contribution in [0.2, 0.25) is 0 Å². The van der Waals surface area contributed by atoms with Gasteiger partial charge in [0, 0.05) is 46.0 Å². The summed E-state index contributed by atoms with van der Waals surface area (Å²) in [5.41, 5.74) is 0. The van der Waals surface area contributed by atoms with E-state index in [9.17, 15) is 0 Å². The minimum absolute atomic E-state index is 0.217. The molecule has 2 unspecified atom stereocenters. The first-order chi connectivity index (χ1) is 8.69. The summed E-state index contributed by atoms with van der Waals surface area (Å²) in [5, 5.41) is 12.5. The third kappa shape index (κ3) is 8.00. The predicted octanol–water partition coefficient (Wildman–Crippen LogP) is 0.330. The minimum Gasteiger partial charge on any atom is -0.396 e. The first-order valence-electron chi connectivity index (χ1n) is 6.75.